The Bertz CT molecular complexity index is 371. The highest BCUT2D eigenvalue weighted by Gasteiger charge is 2.18. The van der Waals surface area contributed by atoms with Crippen LogP contribution in [-0.2, 0) is 17.4 Å². The number of hydrogen-bond acceptors (Lipinski definition) is 1. The van der Waals surface area contributed by atoms with Gasteiger partial charge in [-0.05, 0) is 43.2 Å². The summed E-state index contributed by atoms with van der Waals surface area (Å²) in [6, 6.07) is 6.77. The lowest BCUT2D eigenvalue weighted by Gasteiger charge is -2.26. The van der Waals surface area contributed by atoms with Gasteiger partial charge < -0.3 is 4.52 Å². The molecule has 2 rings (SSSR count). The standard InChI is InChI=1S/C16H25OP/c1-3-7-13-9-5-12-16(15(13)8-4-2)18-17-14-10-6-11-14/h5,9,12,14,18H,3-4,6-8,10-11H2,1-2H3. The fraction of sp³-hybridized carbons (Fsp3) is 0.625. The average molecular weight is 264 g/mol. The molecule has 1 aromatic carbocycles. The Morgan fingerprint density at radius 1 is 1.17 bits per heavy atom. The Morgan fingerprint density at radius 2 is 1.94 bits per heavy atom. The molecule has 0 aliphatic heterocycles. The first-order valence-electron chi connectivity index (χ1n) is 7.37. The SMILES string of the molecule is CCCc1cccc(POC2CCC2)c1CCC. The number of hydrogen-bond donors (Lipinski definition) is 0. The first kappa shape index (κ1) is 14.0. The van der Waals surface area contributed by atoms with Gasteiger partial charge in [0.1, 0.15) is 0 Å². The molecule has 1 saturated carbocycles. The number of benzene rings is 1. The summed E-state index contributed by atoms with van der Waals surface area (Å²) in [4.78, 5) is 0. The van der Waals surface area contributed by atoms with Crippen LogP contribution in [0.15, 0.2) is 18.2 Å². The molecule has 0 heterocycles. The van der Waals surface area contributed by atoms with Gasteiger partial charge in [-0.2, -0.15) is 0 Å². The molecule has 0 aromatic heterocycles. The van der Waals surface area contributed by atoms with Crippen molar-refractivity contribution in [2.75, 3.05) is 0 Å². The van der Waals surface area contributed by atoms with Gasteiger partial charge >= 0.3 is 0 Å². The van der Waals surface area contributed by atoms with Crippen LogP contribution in [0.25, 0.3) is 0 Å². The minimum atomic E-state index is 0.549. The maximum absolute atomic E-state index is 6.01. The van der Waals surface area contributed by atoms with Crippen molar-refractivity contribution >= 4 is 14.1 Å². The average Bonchev–Trinajstić information content (AvgIpc) is 2.31. The van der Waals surface area contributed by atoms with E-state index < -0.39 is 0 Å². The fourth-order valence-corrected chi connectivity index (χ4v) is 3.52. The van der Waals surface area contributed by atoms with Crippen LogP contribution in [0.3, 0.4) is 0 Å². The largest absolute Gasteiger partial charge is 0.354 e. The van der Waals surface area contributed by atoms with Gasteiger partial charge in [-0.15, -0.1) is 0 Å². The van der Waals surface area contributed by atoms with Gasteiger partial charge in [0.15, 0.2) is 0 Å². The van der Waals surface area contributed by atoms with Crippen LogP contribution in [0.2, 0.25) is 0 Å². The van der Waals surface area contributed by atoms with Gasteiger partial charge in [0.25, 0.3) is 0 Å². The van der Waals surface area contributed by atoms with Gasteiger partial charge in [0, 0.05) is 14.1 Å². The summed E-state index contributed by atoms with van der Waals surface area (Å²) in [6.07, 6.45) is 9.30. The molecule has 0 bridgehead atoms. The molecule has 100 valence electrons. The van der Waals surface area contributed by atoms with Crippen molar-refractivity contribution in [3.63, 3.8) is 0 Å². The summed E-state index contributed by atoms with van der Waals surface area (Å²) >= 11 is 0. The van der Waals surface area contributed by atoms with E-state index in [0.717, 1.165) is 0 Å². The van der Waals surface area contributed by atoms with Crippen LogP contribution in [0.1, 0.15) is 57.1 Å². The molecule has 0 saturated heterocycles. The monoisotopic (exact) mass is 264 g/mol. The number of rotatable bonds is 7. The predicted octanol–water partition coefficient (Wildman–Crippen LogP) is 4.38. The second kappa shape index (κ2) is 7.26. The summed E-state index contributed by atoms with van der Waals surface area (Å²) in [5, 5.41) is 1.45. The quantitative estimate of drug-likeness (QED) is 0.664. The Kier molecular flexibility index (Phi) is 5.66. The first-order valence-corrected chi connectivity index (χ1v) is 8.28. The summed E-state index contributed by atoms with van der Waals surface area (Å²) in [5.41, 5.74) is 3.11. The van der Waals surface area contributed by atoms with Crippen molar-refractivity contribution < 1.29 is 4.52 Å². The molecular formula is C16H25OP. The van der Waals surface area contributed by atoms with E-state index in [4.69, 9.17) is 4.52 Å². The molecule has 1 atom stereocenters. The topological polar surface area (TPSA) is 9.23 Å². The molecule has 2 heteroatoms. The molecule has 0 N–H and O–H groups in total. The highest BCUT2D eigenvalue weighted by Crippen LogP contribution is 2.30. The normalized spacial score (nSPS) is 16.3. The molecule has 0 radical (unpaired) electrons. The smallest absolute Gasteiger partial charge is 0.0618 e. The van der Waals surface area contributed by atoms with Gasteiger partial charge in [0.2, 0.25) is 0 Å². The zero-order valence-corrected chi connectivity index (χ0v) is 12.7. The zero-order valence-electron chi connectivity index (χ0n) is 11.7. The van der Waals surface area contributed by atoms with Crippen LogP contribution in [-0.4, -0.2) is 6.10 Å². The van der Waals surface area contributed by atoms with Gasteiger partial charge in [-0.25, -0.2) is 0 Å². The third-order valence-corrected chi connectivity index (χ3v) is 4.82. The van der Waals surface area contributed by atoms with E-state index in [0.29, 0.717) is 14.9 Å². The third-order valence-electron chi connectivity index (χ3n) is 3.68. The third kappa shape index (κ3) is 3.56. The van der Waals surface area contributed by atoms with Crippen molar-refractivity contribution in [3.8, 4) is 0 Å². The molecule has 1 aliphatic rings. The van der Waals surface area contributed by atoms with Gasteiger partial charge in [0.05, 0.1) is 6.10 Å². The second-order valence-corrected chi connectivity index (χ2v) is 6.19. The fourth-order valence-electron chi connectivity index (χ4n) is 2.41. The number of aryl methyl sites for hydroxylation is 1. The molecule has 1 aliphatic carbocycles. The van der Waals surface area contributed by atoms with Gasteiger partial charge in [-0.1, -0.05) is 44.9 Å². The van der Waals surface area contributed by atoms with E-state index in [1.165, 1.54) is 50.3 Å². The first-order chi connectivity index (χ1) is 8.85. The maximum Gasteiger partial charge on any atom is 0.0618 e. The molecular weight excluding hydrogens is 239 g/mol. The molecule has 1 fully saturated rings. The molecule has 18 heavy (non-hydrogen) atoms. The second-order valence-electron chi connectivity index (χ2n) is 5.22. The molecule has 1 unspecified atom stereocenters. The van der Waals surface area contributed by atoms with E-state index in [-0.39, 0.29) is 0 Å². The Labute approximate surface area is 113 Å². The highest BCUT2D eigenvalue weighted by molar-refractivity contribution is 7.42. The van der Waals surface area contributed by atoms with Crippen LogP contribution in [0.4, 0.5) is 0 Å². The molecule has 0 spiro atoms. The van der Waals surface area contributed by atoms with Crippen molar-refractivity contribution in [2.45, 2.75) is 64.9 Å². The van der Waals surface area contributed by atoms with Crippen LogP contribution >= 0.6 is 8.81 Å². The Hall–Kier alpha value is -0.390. The minimum Gasteiger partial charge on any atom is -0.354 e. The summed E-state index contributed by atoms with van der Waals surface area (Å²) in [7, 11) is 0.552. The van der Waals surface area contributed by atoms with E-state index in [1.807, 2.05) is 0 Å². The summed E-state index contributed by atoms with van der Waals surface area (Å²) in [5.74, 6) is 0. The lowest BCUT2D eigenvalue weighted by molar-refractivity contribution is 0.143. The molecule has 0 amide bonds. The maximum atomic E-state index is 6.01. The van der Waals surface area contributed by atoms with Crippen molar-refractivity contribution in [2.24, 2.45) is 0 Å². The van der Waals surface area contributed by atoms with E-state index >= 15 is 0 Å². The highest BCUT2D eigenvalue weighted by atomic mass is 31.1. The molecule has 1 aromatic rings. The summed E-state index contributed by atoms with van der Waals surface area (Å²) < 4.78 is 6.01. The van der Waals surface area contributed by atoms with Crippen LogP contribution < -0.4 is 5.30 Å². The summed E-state index contributed by atoms with van der Waals surface area (Å²) in [6.45, 7) is 4.53. The molecule has 1 nitrogen and oxygen atoms in total. The van der Waals surface area contributed by atoms with Crippen LogP contribution in [0, 0.1) is 0 Å². The zero-order chi connectivity index (χ0) is 12.8. The minimum absolute atomic E-state index is 0.549. The lowest BCUT2D eigenvalue weighted by Crippen LogP contribution is -2.20. The Balaban J connectivity index is 2.07. The van der Waals surface area contributed by atoms with Crippen LogP contribution in [0.5, 0.6) is 0 Å². The van der Waals surface area contributed by atoms with Crippen molar-refractivity contribution in [3.05, 3.63) is 29.3 Å². The predicted molar refractivity (Wildman–Crippen MR) is 81.1 cm³/mol. The van der Waals surface area contributed by atoms with Crippen molar-refractivity contribution in [1.82, 2.24) is 0 Å². The lowest BCUT2D eigenvalue weighted by atomic mass is 9.97. The van der Waals surface area contributed by atoms with E-state index in [9.17, 15) is 0 Å². The van der Waals surface area contributed by atoms with Crippen molar-refractivity contribution in [1.29, 1.82) is 0 Å². The van der Waals surface area contributed by atoms with E-state index in [1.54, 1.807) is 11.1 Å². The van der Waals surface area contributed by atoms with Gasteiger partial charge in [-0.3, -0.25) is 0 Å². The Morgan fingerprint density at radius 3 is 2.56 bits per heavy atom. The van der Waals surface area contributed by atoms with E-state index in [2.05, 4.69) is 32.0 Å².